The molecular weight excluding hydrogens is 338 g/mol. The van der Waals surface area contributed by atoms with Gasteiger partial charge in [0.25, 0.3) is 17.5 Å². The summed E-state index contributed by atoms with van der Waals surface area (Å²) in [4.78, 5) is 48.6. The monoisotopic (exact) mass is 359 g/mol. The molecule has 0 radical (unpaired) electrons. The molecule has 1 aliphatic carbocycles. The molecule has 0 spiro atoms. The van der Waals surface area contributed by atoms with Crippen LogP contribution in [0.2, 0.25) is 0 Å². The minimum Gasteiger partial charge on any atom is -0.349 e. The first-order valence-corrected chi connectivity index (χ1v) is 8.66. The van der Waals surface area contributed by atoms with Gasteiger partial charge in [0, 0.05) is 11.6 Å². The molecule has 3 rings (SSSR count). The van der Waals surface area contributed by atoms with E-state index < -0.39 is 34.9 Å². The molecule has 2 aliphatic rings. The van der Waals surface area contributed by atoms with Crippen molar-refractivity contribution in [3.8, 4) is 0 Å². The Labute approximate surface area is 150 Å². The number of imide groups is 1. The molecule has 8 nitrogen and oxygen atoms in total. The van der Waals surface area contributed by atoms with Crippen molar-refractivity contribution in [2.24, 2.45) is 5.92 Å². The molecule has 26 heavy (non-hydrogen) atoms. The molecule has 1 saturated carbocycles. The summed E-state index contributed by atoms with van der Waals surface area (Å²) in [7, 11) is 0. The van der Waals surface area contributed by atoms with E-state index in [1.54, 1.807) is 0 Å². The number of nitro benzene ring substituents is 1. The summed E-state index contributed by atoms with van der Waals surface area (Å²) in [6.45, 7) is 3.70. The summed E-state index contributed by atoms with van der Waals surface area (Å²) in [5.41, 5.74) is -1.05. The summed E-state index contributed by atoms with van der Waals surface area (Å²) in [5, 5.41) is 14.0. The predicted octanol–water partition coefficient (Wildman–Crippen LogP) is 2.28. The molecule has 0 bridgehead atoms. The summed E-state index contributed by atoms with van der Waals surface area (Å²) >= 11 is 0. The zero-order valence-electron chi connectivity index (χ0n) is 14.8. The van der Waals surface area contributed by atoms with E-state index >= 15 is 0 Å². The molecular formula is C18H21N3O5. The predicted molar refractivity (Wildman–Crippen MR) is 92.6 cm³/mol. The van der Waals surface area contributed by atoms with Gasteiger partial charge in [0.15, 0.2) is 0 Å². The standard InChI is InChI=1S/C18H21N3O5/c1-11-6-8-18(2,9-7-11)19-14(22)10-20-16(23)12-4-3-5-13(21(25)26)15(12)17(20)24/h3-5,11H,6-10H2,1-2H3,(H,19,22). The minimum absolute atomic E-state index is 0.0327. The molecule has 1 N–H and O–H groups in total. The highest BCUT2D eigenvalue weighted by Gasteiger charge is 2.42. The van der Waals surface area contributed by atoms with Crippen LogP contribution in [0, 0.1) is 16.0 Å². The average molecular weight is 359 g/mol. The Bertz CT molecular complexity index is 796. The normalized spacial score (nSPS) is 25.2. The maximum Gasteiger partial charge on any atom is 0.282 e. The van der Waals surface area contributed by atoms with Crippen molar-refractivity contribution in [1.29, 1.82) is 0 Å². The van der Waals surface area contributed by atoms with Gasteiger partial charge in [-0.1, -0.05) is 13.0 Å². The van der Waals surface area contributed by atoms with Gasteiger partial charge in [0.2, 0.25) is 5.91 Å². The van der Waals surface area contributed by atoms with Gasteiger partial charge in [0.05, 0.1) is 10.5 Å². The highest BCUT2D eigenvalue weighted by atomic mass is 16.6. The van der Waals surface area contributed by atoms with E-state index in [1.165, 1.54) is 18.2 Å². The van der Waals surface area contributed by atoms with Gasteiger partial charge in [-0.25, -0.2) is 0 Å². The third-order valence-electron chi connectivity index (χ3n) is 5.29. The summed E-state index contributed by atoms with van der Waals surface area (Å²) in [6.07, 6.45) is 3.70. The Morgan fingerprint density at radius 1 is 1.31 bits per heavy atom. The number of carbonyl (C=O) groups excluding carboxylic acids is 3. The third kappa shape index (κ3) is 3.18. The molecule has 8 heteroatoms. The highest BCUT2D eigenvalue weighted by Crippen LogP contribution is 2.32. The molecule has 0 unspecified atom stereocenters. The van der Waals surface area contributed by atoms with Crippen molar-refractivity contribution in [2.75, 3.05) is 6.54 Å². The Hall–Kier alpha value is -2.77. The van der Waals surface area contributed by atoms with Crippen LogP contribution in [0.15, 0.2) is 18.2 Å². The fourth-order valence-corrected chi connectivity index (χ4v) is 3.66. The molecule has 0 atom stereocenters. The molecule has 138 valence electrons. The lowest BCUT2D eigenvalue weighted by molar-refractivity contribution is -0.385. The molecule has 1 heterocycles. The maximum absolute atomic E-state index is 12.5. The van der Waals surface area contributed by atoms with Crippen LogP contribution in [0.3, 0.4) is 0 Å². The van der Waals surface area contributed by atoms with E-state index in [9.17, 15) is 24.5 Å². The fraction of sp³-hybridized carbons (Fsp3) is 0.500. The van der Waals surface area contributed by atoms with E-state index in [2.05, 4.69) is 12.2 Å². The van der Waals surface area contributed by atoms with Crippen LogP contribution >= 0.6 is 0 Å². The highest BCUT2D eigenvalue weighted by molar-refractivity contribution is 6.24. The van der Waals surface area contributed by atoms with Crippen LogP contribution in [-0.4, -0.2) is 39.6 Å². The Morgan fingerprint density at radius 2 is 1.96 bits per heavy atom. The molecule has 1 aliphatic heterocycles. The molecule has 0 saturated heterocycles. The quantitative estimate of drug-likeness (QED) is 0.504. The lowest BCUT2D eigenvalue weighted by atomic mass is 9.78. The number of amides is 3. The number of rotatable bonds is 4. The van der Waals surface area contributed by atoms with Crippen molar-refractivity contribution in [2.45, 2.75) is 45.1 Å². The second-order valence-corrected chi connectivity index (χ2v) is 7.44. The van der Waals surface area contributed by atoms with Gasteiger partial charge >= 0.3 is 0 Å². The van der Waals surface area contributed by atoms with Gasteiger partial charge in [-0.2, -0.15) is 0 Å². The van der Waals surface area contributed by atoms with Crippen molar-refractivity contribution in [3.63, 3.8) is 0 Å². The van der Waals surface area contributed by atoms with Gasteiger partial charge in [-0.3, -0.25) is 29.4 Å². The van der Waals surface area contributed by atoms with Gasteiger partial charge in [-0.15, -0.1) is 0 Å². The topological polar surface area (TPSA) is 110 Å². The van der Waals surface area contributed by atoms with Gasteiger partial charge in [0.1, 0.15) is 12.1 Å². The molecule has 1 aromatic rings. The first-order chi connectivity index (χ1) is 12.2. The third-order valence-corrected chi connectivity index (χ3v) is 5.29. The first kappa shape index (κ1) is 18.0. The first-order valence-electron chi connectivity index (χ1n) is 8.66. The number of hydrogen-bond donors (Lipinski definition) is 1. The Kier molecular flexibility index (Phi) is 4.52. The number of benzene rings is 1. The summed E-state index contributed by atoms with van der Waals surface area (Å²) < 4.78 is 0. The Balaban J connectivity index is 1.74. The number of carbonyl (C=O) groups is 3. The van der Waals surface area contributed by atoms with Crippen molar-refractivity contribution in [3.05, 3.63) is 39.4 Å². The van der Waals surface area contributed by atoms with Crippen LogP contribution in [0.5, 0.6) is 0 Å². The zero-order valence-corrected chi connectivity index (χ0v) is 14.8. The van der Waals surface area contributed by atoms with Crippen molar-refractivity contribution >= 4 is 23.4 Å². The van der Waals surface area contributed by atoms with Crippen molar-refractivity contribution < 1.29 is 19.3 Å². The Morgan fingerprint density at radius 3 is 2.58 bits per heavy atom. The molecule has 1 fully saturated rings. The summed E-state index contributed by atoms with van der Waals surface area (Å²) in [5.74, 6) is -1.28. The van der Waals surface area contributed by atoms with Crippen LogP contribution in [0.1, 0.15) is 60.2 Å². The largest absolute Gasteiger partial charge is 0.349 e. The van der Waals surface area contributed by atoms with E-state index in [4.69, 9.17) is 0 Å². The number of nitrogens with zero attached hydrogens (tertiary/aromatic N) is 2. The lowest BCUT2D eigenvalue weighted by Gasteiger charge is -2.37. The minimum atomic E-state index is -0.796. The SMILES string of the molecule is CC1CCC(C)(NC(=O)CN2C(=O)c3cccc([N+](=O)[O-])c3C2=O)CC1. The smallest absolute Gasteiger partial charge is 0.282 e. The van der Waals surface area contributed by atoms with E-state index in [0.29, 0.717) is 5.92 Å². The van der Waals surface area contributed by atoms with Crippen LogP contribution < -0.4 is 5.32 Å². The lowest BCUT2D eigenvalue weighted by Crippen LogP contribution is -2.51. The van der Waals surface area contributed by atoms with E-state index in [0.717, 1.165) is 30.6 Å². The number of nitro groups is 1. The van der Waals surface area contributed by atoms with Crippen LogP contribution in [0.25, 0.3) is 0 Å². The van der Waals surface area contributed by atoms with Crippen molar-refractivity contribution in [1.82, 2.24) is 10.2 Å². The number of hydrogen-bond acceptors (Lipinski definition) is 5. The number of fused-ring (bicyclic) bond motifs is 1. The van der Waals surface area contributed by atoms with E-state index in [1.807, 2.05) is 6.92 Å². The van der Waals surface area contributed by atoms with Gasteiger partial charge in [-0.05, 0) is 44.6 Å². The molecule has 1 aromatic carbocycles. The maximum atomic E-state index is 12.5. The zero-order chi connectivity index (χ0) is 19.1. The second kappa shape index (κ2) is 6.51. The van der Waals surface area contributed by atoms with Crippen LogP contribution in [0.4, 0.5) is 5.69 Å². The molecule has 0 aromatic heterocycles. The molecule has 3 amide bonds. The average Bonchev–Trinajstić information content (AvgIpc) is 2.82. The second-order valence-electron chi connectivity index (χ2n) is 7.44. The van der Waals surface area contributed by atoms with Crippen LogP contribution in [-0.2, 0) is 4.79 Å². The van der Waals surface area contributed by atoms with Gasteiger partial charge < -0.3 is 5.32 Å². The summed E-state index contributed by atoms with van der Waals surface area (Å²) in [6, 6.07) is 3.90. The fourth-order valence-electron chi connectivity index (χ4n) is 3.66. The van der Waals surface area contributed by atoms with E-state index in [-0.39, 0.29) is 16.7 Å². The number of nitrogens with one attached hydrogen (secondary N) is 1.